The van der Waals surface area contributed by atoms with Crippen molar-refractivity contribution in [2.24, 2.45) is 17.5 Å². The molecule has 0 aromatic heterocycles. The van der Waals surface area contributed by atoms with Crippen LogP contribution in [0.2, 0.25) is 0 Å². The van der Waals surface area contributed by atoms with Crippen molar-refractivity contribution in [3.63, 3.8) is 0 Å². The molecule has 0 bridgehead atoms. The molecule has 0 saturated carbocycles. The topological polar surface area (TPSA) is 92.6 Å². The predicted molar refractivity (Wildman–Crippen MR) is 131 cm³/mol. The van der Waals surface area contributed by atoms with E-state index < -0.39 is 0 Å². The number of aliphatic hydroxyl groups excluding tert-OH is 1. The van der Waals surface area contributed by atoms with Crippen molar-refractivity contribution < 1.29 is 14.3 Å². The van der Waals surface area contributed by atoms with Gasteiger partial charge >= 0.3 is 0 Å². The fraction of sp³-hybridized carbons (Fsp3) is 0.370. The van der Waals surface area contributed by atoms with Gasteiger partial charge in [-0.05, 0) is 78.6 Å². The molecule has 1 aliphatic carbocycles. The van der Waals surface area contributed by atoms with Crippen molar-refractivity contribution in [2.45, 2.75) is 52.9 Å². The Morgan fingerprint density at radius 2 is 1.76 bits per heavy atom. The van der Waals surface area contributed by atoms with E-state index in [2.05, 4.69) is 32.9 Å². The zero-order valence-corrected chi connectivity index (χ0v) is 19.7. The first-order valence-electron chi connectivity index (χ1n) is 11.6. The molecule has 176 valence electrons. The molecule has 0 aliphatic heterocycles. The van der Waals surface area contributed by atoms with Crippen LogP contribution in [-0.4, -0.2) is 22.4 Å². The third-order valence-electron chi connectivity index (χ3n) is 6.26. The van der Waals surface area contributed by atoms with Crippen LogP contribution in [0, 0.1) is 18.7 Å². The van der Waals surface area contributed by atoms with Gasteiger partial charge in [-0.25, -0.2) is 10.2 Å². The number of carbonyl (C=O) groups is 1. The summed E-state index contributed by atoms with van der Waals surface area (Å²) in [6.45, 7) is 6.69. The maximum absolute atomic E-state index is 13.1. The number of hydrogen-bond donors (Lipinski definition) is 3. The maximum atomic E-state index is 13.1. The molecule has 0 saturated heterocycles. The number of hydrogen-bond acceptors (Lipinski definition) is 5. The van der Waals surface area contributed by atoms with Crippen LogP contribution in [0.1, 0.15) is 60.9 Å². The van der Waals surface area contributed by atoms with E-state index in [0.717, 1.165) is 29.5 Å². The number of aliphatic hydroxyl groups is 1. The molecule has 5 N–H and O–H groups in total. The Morgan fingerprint density at radius 1 is 1.15 bits per heavy atom. The molecule has 1 aliphatic rings. The molecule has 3 rings (SSSR count). The van der Waals surface area contributed by atoms with E-state index in [4.69, 9.17) is 11.6 Å². The number of nitrogens with two attached hydrogens (primary N) is 2. The zero-order valence-electron chi connectivity index (χ0n) is 19.7. The normalized spacial score (nSPS) is 16.9. The highest BCUT2D eigenvalue weighted by atomic mass is 19.1. The molecule has 0 heterocycles. The SMILES string of the molecule is CCc1cc(C)cc(CC)c1C1=C(O)CC(CCN(N)/C=C(\N)c2ccc(F)cc2)CC1=O. The lowest BCUT2D eigenvalue weighted by Crippen LogP contribution is -2.30. The third kappa shape index (κ3) is 5.82. The van der Waals surface area contributed by atoms with Crippen LogP contribution in [0.3, 0.4) is 0 Å². The summed E-state index contributed by atoms with van der Waals surface area (Å²) in [6, 6.07) is 10.1. The first kappa shape index (κ1) is 24.5. The van der Waals surface area contributed by atoms with Crippen molar-refractivity contribution in [3.8, 4) is 0 Å². The van der Waals surface area contributed by atoms with E-state index in [1.54, 1.807) is 18.3 Å². The van der Waals surface area contributed by atoms with Gasteiger partial charge in [0.25, 0.3) is 0 Å². The summed E-state index contributed by atoms with van der Waals surface area (Å²) >= 11 is 0. The average molecular weight is 452 g/mol. The second-order valence-corrected chi connectivity index (χ2v) is 8.80. The lowest BCUT2D eigenvalue weighted by atomic mass is 9.79. The average Bonchev–Trinajstić information content (AvgIpc) is 2.78. The summed E-state index contributed by atoms with van der Waals surface area (Å²) in [5, 5.41) is 12.4. The fourth-order valence-electron chi connectivity index (χ4n) is 4.57. The Balaban J connectivity index is 1.72. The lowest BCUT2D eigenvalue weighted by molar-refractivity contribution is -0.115. The van der Waals surface area contributed by atoms with Crippen molar-refractivity contribution in [2.75, 3.05) is 6.54 Å². The number of allylic oxidation sites excluding steroid dienone is 2. The van der Waals surface area contributed by atoms with Gasteiger partial charge in [0.15, 0.2) is 5.78 Å². The molecular weight excluding hydrogens is 417 g/mol. The second-order valence-electron chi connectivity index (χ2n) is 8.80. The maximum Gasteiger partial charge on any atom is 0.167 e. The van der Waals surface area contributed by atoms with Gasteiger partial charge in [-0.3, -0.25) is 4.79 Å². The van der Waals surface area contributed by atoms with Gasteiger partial charge in [0, 0.05) is 25.6 Å². The third-order valence-corrected chi connectivity index (χ3v) is 6.26. The molecular formula is C27H34FN3O2. The number of benzene rings is 2. The standard InChI is InChI=1S/C27H34FN3O2/c1-4-19-12-17(3)13-20(5-2)26(19)27-24(32)14-18(15-25(27)33)10-11-31(30)16-23(29)21-6-8-22(28)9-7-21/h6-9,12-13,16,18,32H,4-5,10-11,14-15,29-30H2,1-3H3/b23-16-. The summed E-state index contributed by atoms with van der Waals surface area (Å²) in [7, 11) is 0. The molecule has 1 atom stereocenters. The van der Waals surface area contributed by atoms with E-state index in [-0.39, 0.29) is 23.3 Å². The molecule has 0 radical (unpaired) electrons. The molecule has 1 unspecified atom stereocenters. The molecule has 6 heteroatoms. The predicted octanol–water partition coefficient (Wildman–Crippen LogP) is 5.03. The van der Waals surface area contributed by atoms with E-state index in [0.29, 0.717) is 42.6 Å². The molecule has 2 aromatic rings. The van der Waals surface area contributed by atoms with Crippen LogP contribution in [0.4, 0.5) is 4.39 Å². The minimum Gasteiger partial charge on any atom is -0.512 e. The number of rotatable bonds is 8. The smallest absolute Gasteiger partial charge is 0.167 e. The van der Waals surface area contributed by atoms with E-state index in [1.165, 1.54) is 22.7 Å². The highest BCUT2D eigenvalue weighted by molar-refractivity contribution is 6.22. The number of carbonyl (C=O) groups excluding carboxylic acids is 1. The van der Waals surface area contributed by atoms with E-state index in [9.17, 15) is 14.3 Å². The Bertz CT molecular complexity index is 1050. The summed E-state index contributed by atoms with van der Waals surface area (Å²) in [4.78, 5) is 13.1. The van der Waals surface area contributed by atoms with Crippen LogP contribution in [0.25, 0.3) is 11.3 Å². The highest BCUT2D eigenvalue weighted by Gasteiger charge is 2.30. The van der Waals surface area contributed by atoms with Crippen molar-refractivity contribution in [1.29, 1.82) is 0 Å². The molecule has 0 amide bonds. The molecule has 2 aromatic carbocycles. The van der Waals surface area contributed by atoms with Gasteiger partial charge in [0.2, 0.25) is 0 Å². The van der Waals surface area contributed by atoms with Crippen molar-refractivity contribution in [3.05, 3.63) is 82.0 Å². The van der Waals surface area contributed by atoms with Crippen LogP contribution < -0.4 is 11.6 Å². The first-order valence-corrected chi connectivity index (χ1v) is 11.6. The highest BCUT2D eigenvalue weighted by Crippen LogP contribution is 2.37. The Kier molecular flexibility index (Phi) is 7.92. The number of ketones is 1. The number of aryl methyl sites for hydroxylation is 3. The second kappa shape index (κ2) is 10.7. The summed E-state index contributed by atoms with van der Waals surface area (Å²) in [6.07, 6.45) is 4.69. The fourth-order valence-corrected chi connectivity index (χ4v) is 4.57. The van der Waals surface area contributed by atoms with Gasteiger partial charge in [0.05, 0.1) is 11.3 Å². The molecule has 5 nitrogen and oxygen atoms in total. The summed E-state index contributed by atoms with van der Waals surface area (Å²) in [5.74, 6) is 5.93. The first-order chi connectivity index (χ1) is 15.7. The zero-order chi connectivity index (χ0) is 24.1. The summed E-state index contributed by atoms with van der Waals surface area (Å²) in [5.41, 5.74) is 12.0. The summed E-state index contributed by atoms with van der Waals surface area (Å²) < 4.78 is 13.1. The minimum atomic E-state index is -0.326. The monoisotopic (exact) mass is 451 g/mol. The Labute approximate surface area is 195 Å². The number of hydrazine groups is 1. The van der Waals surface area contributed by atoms with Crippen LogP contribution >= 0.6 is 0 Å². The van der Waals surface area contributed by atoms with Gasteiger partial charge in [-0.2, -0.15) is 0 Å². The quantitative estimate of drug-likeness (QED) is 0.387. The van der Waals surface area contributed by atoms with Gasteiger partial charge in [-0.15, -0.1) is 0 Å². The molecule has 0 fully saturated rings. The lowest BCUT2D eigenvalue weighted by Gasteiger charge is -2.27. The van der Waals surface area contributed by atoms with Crippen molar-refractivity contribution >= 4 is 17.1 Å². The minimum absolute atomic E-state index is 0.00773. The molecule has 33 heavy (non-hydrogen) atoms. The van der Waals surface area contributed by atoms with Gasteiger partial charge in [0.1, 0.15) is 11.6 Å². The molecule has 0 spiro atoms. The van der Waals surface area contributed by atoms with E-state index >= 15 is 0 Å². The number of nitrogens with zero attached hydrogens (tertiary/aromatic N) is 1. The van der Waals surface area contributed by atoms with Gasteiger partial charge < -0.3 is 15.8 Å². The van der Waals surface area contributed by atoms with Crippen LogP contribution in [0.5, 0.6) is 0 Å². The largest absolute Gasteiger partial charge is 0.512 e. The van der Waals surface area contributed by atoms with Gasteiger partial charge in [-0.1, -0.05) is 31.5 Å². The van der Waals surface area contributed by atoms with Crippen LogP contribution in [-0.2, 0) is 17.6 Å². The Morgan fingerprint density at radius 3 is 2.30 bits per heavy atom. The number of halogens is 1. The van der Waals surface area contributed by atoms with Crippen molar-refractivity contribution in [1.82, 2.24) is 5.01 Å². The van der Waals surface area contributed by atoms with Crippen LogP contribution in [0.15, 0.2) is 48.4 Å². The Hall–Kier alpha value is -3.12. The van der Waals surface area contributed by atoms with E-state index in [1.807, 2.05) is 0 Å². The number of Topliss-reactive ketones (excluding diaryl/α,β-unsaturated/α-hetero) is 1.